The molecule has 7 heteroatoms. The van der Waals surface area contributed by atoms with Gasteiger partial charge in [-0.3, -0.25) is 0 Å². The molecule has 0 spiro atoms. The summed E-state index contributed by atoms with van der Waals surface area (Å²) in [4.78, 5) is 0.115. The number of sulfonamides is 1. The van der Waals surface area contributed by atoms with E-state index in [1.165, 1.54) is 0 Å². The number of ether oxygens (including phenoxy) is 1. The third-order valence-electron chi connectivity index (χ3n) is 3.82. The van der Waals surface area contributed by atoms with Crippen molar-refractivity contribution in [2.45, 2.75) is 39.0 Å². The highest BCUT2D eigenvalue weighted by molar-refractivity contribution is 7.89. The van der Waals surface area contributed by atoms with Crippen LogP contribution in [0.3, 0.4) is 0 Å². The number of nitrogens with one attached hydrogen (secondary N) is 1. The van der Waals surface area contributed by atoms with Crippen LogP contribution in [-0.2, 0) is 16.4 Å². The molecule has 0 bridgehead atoms. The molecule has 0 saturated heterocycles. The number of nitrogens with zero attached hydrogens (tertiary/aromatic N) is 1. The van der Waals surface area contributed by atoms with E-state index >= 15 is 0 Å². The second kappa shape index (κ2) is 6.72. The van der Waals surface area contributed by atoms with Crippen molar-refractivity contribution in [1.29, 1.82) is 0 Å². The molecule has 2 rings (SSSR count). The number of benzene rings is 1. The Bertz CT molecular complexity index is 790. The molecule has 0 atom stereocenters. The van der Waals surface area contributed by atoms with Gasteiger partial charge in [0, 0.05) is 6.54 Å². The zero-order valence-corrected chi connectivity index (χ0v) is 14.9. The average molecular weight is 338 g/mol. The Morgan fingerprint density at radius 3 is 2.39 bits per heavy atom. The molecule has 0 amide bonds. The van der Waals surface area contributed by atoms with E-state index in [-0.39, 0.29) is 11.4 Å². The highest BCUT2D eigenvalue weighted by atomic mass is 32.2. The van der Waals surface area contributed by atoms with Gasteiger partial charge in [-0.15, -0.1) is 0 Å². The highest BCUT2D eigenvalue weighted by Gasteiger charge is 2.23. The number of methoxy groups -OCH3 is 1. The Balaban J connectivity index is 2.12. The van der Waals surface area contributed by atoms with E-state index in [2.05, 4.69) is 9.88 Å². The fourth-order valence-corrected chi connectivity index (χ4v) is 3.84. The number of rotatable bonds is 6. The minimum absolute atomic E-state index is 0.115. The topological polar surface area (TPSA) is 81.4 Å². The van der Waals surface area contributed by atoms with Crippen molar-refractivity contribution >= 4 is 10.0 Å². The van der Waals surface area contributed by atoms with Gasteiger partial charge in [-0.25, -0.2) is 13.1 Å². The van der Waals surface area contributed by atoms with Crippen LogP contribution in [0.5, 0.6) is 5.75 Å². The van der Waals surface area contributed by atoms with Gasteiger partial charge in [0.2, 0.25) is 10.0 Å². The lowest BCUT2D eigenvalue weighted by Gasteiger charge is -2.12. The summed E-state index contributed by atoms with van der Waals surface area (Å²) in [5.74, 6) is 1.06. The summed E-state index contributed by atoms with van der Waals surface area (Å²) >= 11 is 0. The normalized spacial score (nSPS) is 11.7. The third-order valence-corrected chi connectivity index (χ3v) is 5.52. The predicted molar refractivity (Wildman–Crippen MR) is 87.3 cm³/mol. The van der Waals surface area contributed by atoms with Crippen molar-refractivity contribution in [1.82, 2.24) is 9.88 Å². The maximum absolute atomic E-state index is 12.4. The summed E-state index contributed by atoms with van der Waals surface area (Å²) in [5, 5.41) is 3.68. The van der Waals surface area contributed by atoms with Crippen molar-refractivity contribution < 1.29 is 17.7 Å². The first-order chi connectivity index (χ1) is 10.8. The first-order valence-electron chi connectivity index (χ1n) is 7.33. The summed E-state index contributed by atoms with van der Waals surface area (Å²) in [6.07, 6.45) is 0.535. The van der Waals surface area contributed by atoms with Gasteiger partial charge in [0.05, 0.1) is 7.11 Å². The molecule has 0 aliphatic heterocycles. The van der Waals surface area contributed by atoms with E-state index in [9.17, 15) is 8.42 Å². The monoisotopic (exact) mass is 338 g/mol. The summed E-state index contributed by atoms with van der Waals surface area (Å²) in [6, 6.07) is 3.99. The fraction of sp³-hybridized carbons (Fsp3) is 0.438. The molecule has 1 aromatic carbocycles. The van der Waals surface area contributed by atoms with Crippen molar-refractivity contribution in [2.75, 3.05) is 13.7 Å². The van der Waals surface area contributed by atoms with Gasteiger partial charge in [0.25, 0.3) is 0 Å². The zero-order valence-electron chi connectivity index (χ0n) is 14.1. The lowest BCUT2D eigenvalue weighted by Crippen LogP contribution is -2.27. The van der Waals surface area contributed by atoms with Crippen LogP contribution >= 0.6 is 0 Å². The summed E-state index contributed by atoms with van der Waals surface area (Å²) in [7, 11) is -2.02. The van der Waals surface area contributed by atoms with E-state index < -0.39 is 10.0 Å². The molecular weight excluding hydrogens is 316 g/mol. The van der Waals surface area contributed by atoms with Crippen molar-refractivity contribution in [3.8, 4) is 5.75 Å². The van der Waals surface area contributed by atoms with E-state index in [0.29, 0.717) is 17.9 Å². The molecular formula is C16H22N2O4S. The molecule has 0 fully saturated rings. The molecule has 1 aromatic heterocycles. The van der Waals surface area contributed by atoms with Crippen LogP contribution in [0.25, 0.3) is 0 Å². The molecule has 0 radical (unpaired) electrons. The summed E-state index contributed by atoms with van der Waals surface area (Å²) < 4.78 is 37.6. The fourth-order valence-electron chi connectivity index (χ4n) is 2.49. The van der Waals surface area contributed by atoms with Gasteiger partial charge in [-0.05, 0) is 56.9 Å². The van der Waals surface area contributed by atoms with Gasteiger partial charge in [-0.2, -0.15) is 0 Å². The molecule has 0 aliphatic carbocycles. The van der Waals surface area contributed by atoms with E-state index in [0.717, 1.165) is 22.4 Å². The van der Waals surface area contributed by atoms with Crippen LogP contribution in [-0.4, -0.2) is 27.2 Å². The second-order valence-electron chi connectivity index (χ2n) is 5.55. The first-order valence-corrected chi connectivity index (χ1v) is 8.81. The quantitative estimate of drug-likeness (QED) is 0.875. The Morgan fingerprint density at radius 1 is 1.17 bits per heavy atom. The average Bonchev–Trinajstić information content (AvgIpc) is 2.82. The molecule has 0 unspecified atom stereocenters. The summed E-state index contributed by atoms with van der Waals surface area (Å²) in [5.41, 5.74) is 3.62. The largest absolute Gasteiger partial charge is 0.496 e. The maximum Gasteiger partial charge on any atom is 0.245 e. The third kappa shape index (κ3) is 3.73. The maximum atomic E-state index is 12.4. The molecule has 2 aromatic rings. The zero-order chi connectivity index (χ0) is 17.2. The summed E-state index contributed by atoms with van der Waals surface area (Å²) in [6.45, 7) is 7.50. The Morgan fingerprint density at radius 2 is 1.83 bits per heavy atom. The Kier molecular flexibility index (Phi) is 5.11. The van der Waals surface area contributed by atoms with Gasteiger partial charge in [0.15, 0.2) is 5.76 Å². The number of aryl methyl sites for hydroxylation is 4. The minimum atomic E-state index is -3.63. The molecule has 126 valence electrons. The van der Waals surface area contributed by atoms with Crippen LogP contribution in [0.1, 0.15) is 28.1 Å². The predicted octanol–water partition coefficient (Wildman–Crippen LogP) is 2.44. The van der Waals surface area contributed by atoms with Crippen LogP contribution in [0.4, 0.5) is 0 Å². The van der Waals surface area contributed by atoms with Gasteiger partial charge in [-0.1, -0.05) is 11.2 Å². The van der Waals surface area contributed by atoms with E-state index in [1.54, 1.807) is 21.0 Å². The van der Waals surface area contributed by atoms with Crippen LogP contribution in [0, 0.1) is 27.7 Å². The highest BCUT2D eigenvalue weighted by Crippen LogP contribution is 2.24. The molecule has 0 saturated carbocycles. The molecule has 6 nitrogen and oxygen atoms in total. The van der Waals surface area contributed by atoms with Crippen molar-refractivity contribution in [2.24, 2.45) is 0 Å². The van der Waals surface area contributed by atoms with Gasteiger partial charge >= 0.3 is 0 Å². The SMILES string of the molecule is COc1cc(C)c(C)cc1CCNS(=O)(=O)c1c(C)noc1C. The standard InChI is InChI=1S/C16H22N2O4S/c1-10-8-14(15(21-5)9-11(10)2)6-7-17-23(19,20)16-12(3)18-22-13(16)4/h8-9,17H,6-7H2,1-5H3. The van der Waals surface area contributed by atoms with E-state index in [1.807, 2.05) is 26.0 Å². The number of aromatic nitrogens is 1. The van der Waals surface area contributed by atoms with Crippen LogP contribution in [0.2, 0.25) is 0 Å². The number of hydrogen-bond acceptors (Lipinski definition) is 5. The van der Waals surface area contributed by atoms with Gasteiger partial charge < -0.3 is 9.26 Å². The van der Waals surface area contributed by atoms with Crippen molar-refractivity contribution in [3.63, 3.8) is 0 Å². The molecule has 23 heavy (non-hydrogen) atoms. The van der Waals surface area contributed by atoms with Gasteiger partial charge in [0.1, 0.15) is 16.3 Å². The van der Waals surface area contributed by atoms with E-state index in [4.69, 9.17) is 9.26 Å². The smallest absolute Gasteiger partial charge is 0.245 e. The number of hydrogen-bond donors (Lipinski definition) is 1. The Hall–Kier alpha value is -1.86. The van der Waals surface area contributed by atoms with Crippen molar-refractivity contribution in [3.05, 3.63) is 40.3 Å². The molecule has 1 N–H and O–H groups in total. The second-order valence-corrected chi connectivity index (χ2v) is 7.25. The first kappa shape index (κ1) is 17.5. The lowest BCUT2D eigenvalue weighted by molar-refractivity contribution is 0.390. The minimum Gasteiger partial charge on any atom is -0.496 e. The van der Waals surface area contributed by atoms with Crippen LogP contribution in [0.15, 0.2) is 21.6 Å². The molecule has 1 heterocycles. The Labute approximate surface area is 136 Å². The lowest BCUT2D eigenvalue weighted by atomic mass is 10.0. The molecule has 0 aliphatic rings. The van der Waals surface area contributed by atoms with Crippen LogP contribution < -0.4 is 9.46 Å².